The van der Waals surface area contributed by atoms with E-state index < -0.39 is 0 Å². The van der Waals surface area contributed by atoms with E-state index in [0.717, 1.165) is 5.56 Å². The van der Waals surface area contributed by atoms with Crippen LogP contribution in [0.3, 0.4) is 0 Å². The molecule has 27 heavy (non-hydrogen) atoms. The fraction of sp³-hybridized carbons (Fsp3) is 0.231. The van der Waals surface area contributed by atoms with Crippen molar-refractivity contribution in [3.8, 4) is 5.75 Å². The van der Waals surface area contributed by atoms with Gasteiger partial charge in [-0.2, -0.15) is 0 Å². The Kier molecular flexibility index (Phi) is 7.88. The smallest absolute Gasteiger partial charge is 0.119 e. The van der Waals surface area contributed by atoms with Crippen molar-refractivity contribution in [2.24, 2.45) is 0 Å². The molecule has 3 rings (SSSR count). The maximum absolute atomic E-state index is 10.3. The minimum atomic E-state index is 0.166. The van der Waals surface area contributed by atoms with Crippen LogP contribution in [-0.4, -0.2) is 5.11 Å². The minimum Gasteiger partial charge on any atom is -0.508 e. The van der Waals surface area contributed by atoms with E-state index in [1.807, 2.05) is 62.4 Å². The lowest BCUT2D eigenvalue weighted by atomic mass is 9.87. The molecule has 2 unspecified atom stereocenters. The first-order valence-electron chi connectivity index (χ1n) is 9.58. The van der Waals surface area contributed by atoms with Gasteiger partial charge in [-0.25, -0.2) is 0 Å². The summed E-state index contributed by atoms with van der Waals surface area (Å²) in [6.07, 6.45) is 4.00. The van der Waals surface area contributed by atoms with Crippen molar-refractivity contribution in [3.63, 3.8) is 0 Å². The van der Waals surface area contributed by atoms with Crippen molar-refractivity contribution >= 4 is 0 Å². The molecular weight excluding hydrogens is 328 g/mol. The third-order valence-electron chi connectivity index (χ3n) is 4.95. The highest BCUT2D eigenvalue weighted by atomic mass is 16.3. The van der Waals surface area contributed by atoms with Gasteiger partial charge >= 0.3 is 0 Å². The van der Waals surface area contributed by atoms with Crippen molar-refractivity contribution in [1.29, 1.82) is 0 Å². The van der Waals surface area contributed by atoms with E-state index in [9.17, 15) is 5.11 Å². The highest BCUT2D eigenvalue weighted by Gasteiger charge is 2.16. The first kappa shape index (κ1) is 20.5. The molecule has 0 fully saturated rings. The molecule has 0 bridgehead atoms. The molecule has 1 N–H and O–H groups in total. The molecule has 3 aromatic rings. The summed E-state index contributed by atoms with van der Waals surface area (Å²) < 4.78 is 0. The number of hydrogen-bond acceptors (Lipinski definition) is 1. The Hall–Kier alpha value is -2.80. The molecule has 0 radical (unpaired) electrons. The molecule has 0 saturated carbocycles. The predicted octanol–water partition coefficient (Wildman–Crippen LogP) is 7.28. The average molecular weight is 359 g/mol. The summed E-state index contributed by atoms with van der Waals surface area (Å²) in [5.41, 5.74) is 4.71. The van der Waals surface area contributed by atoms with Gasteiger partial charge in [0.15, 0.2) is 0 Å². The van der Waals surface area contributed by atoms with Crippen molar-refractivity contribution in [2.45, 2.75) is 39.5 Å². The van der Waals surface area contributed by atoms with Crippen LogP contribution in [0.25, 0.3) is 0 Å². The molecule has 0 aliphatic carbocycles. The molecule has 0 heterocycles. The Morgan fingerprint density at radius 2 is 1.11 bits per heavy atom. The minimum absolute atomic E-state index is 0.166. The van der Waals surface area contributed by atoms with Crippen molar-refractivity contribution in [2.75, 3.05) is 0 Å². The number of phenols is 1. The number of rotatable bonds is 4. The lowest BCUT2D eigenvalue weighted by Crippen LogP contribution is -2.01. The summed E-state index contributed by atoms with van der Waals surface area (Å²) in [4.78, 5) is 0. The third-order valence-corrected chi connectivity index (χ3v) is 4.95. The highest BCUT2D eigenvalue weighted by molar-refractivity contribution is 5.45. The summed E-state index contributed by atoms with van der Waals surface area (Å²) in [6.45, 7) is 8.35. The number of hydrogen-bond donors (Lipinski definition) is 1. The molecule has 3 aromatic carbocycles. The summed E-state index contributed by atoms with van der Waals surface area (Å²) in [7, 11) is 0. The van der Waals surface area contributed by atoms with Crippen molar-refractivity contribution < 1.29 is 5.11 Å². The zero-order valence-corrected chi connectivity index (χ0v) is 16.8. The van der Waals surface area contributed by atoms with Gasteiger partial charge in [0.05, 0.1) is 0 Å². The Balaban J connectivity index is 0.000000596. The topological polar surface area (TPSA) is 20.2 Å². The number of allylic oxidation sites excluding steroid dienone is 2. The fourth-order valence-electron chi connectivity index (χ4n) is 3.04. The largest absolute Gasteiger partial charge is 0.508 e. The second-order valence-corrected chi connectivity index (χ2v) is 6.75. The normalized spacial score (nSPS) is 12.9. The van der Waals surface area contributed by atoms with Crippen LogP contribution in [-0.2, 0) is 0 Å². The van der Waals surface area contributed by atoms with E-state index in [0.29, 0.717) is 11.7 Å². The van der Waals surface area contributed by atoms with Gasteiger partial charge in [0, 0.05) is 17.4 Å². The summed E-state index contributed by atoms with van der Waals surface area (Å²) >= 11 is 0. The monoisotopic (exact) mass is 358 g/mol. The highest BCUT2D eigenvalue weighted by Crippen LogP contribution is 2.34. The molecule has 0 aliphatic rings. The predicted molar refractivity (Wildman–Crippen MR) is 117 cm³/mol. The molecule has 1 nitrogen and oxygen atoms in total. The standard InChI is InChI=1S/C22H22O.C4H8/c1-16(18-9-5-3-6-10-18)20-13-14-22(23)21(15-20)17(2)19-11-7-4-8-12-19;1-3-4-2/h3-17,23H,1-2H3;3-4H,1-2H3/b;4-3-. The lowest BCUT2D eigenvalue weighted by Gasteiger charge is -2.18. The summed E-state index contributed by atoms with van der Waals surface area (Å²) in [5.74, 6) is 0.836. The van der Waals surface area contributed by atoms with Gasteiger partial charge in [-0.05, 0) is 36.6 Å². The number of phenolic OH excluding ortho intramolecular Hbond substituents is 1. The van der Waals surface area contributed by atoms with Crippen molar-refractivity contribution in [1.82, 2.24) is 0 Å². The fourth-order valence-corrected chi connectivity index (χ4v) is 3.04. The SMILES string of the molecule is C/C=C\C.CC(c1ccccc1)c1ccc(O)c(C(C)c2ccccc2)c1. The van der Waals surface area contributed by atoms with Crippen LogP contribution < -0.4 is 0 Å². The molecule has 2 atom stereocenters. The molecule has 0 aliphatic heterocycles. The van der Waals surface area contributed by atoms with Gasteiger partial charge in [0.1, 0.15) is 5.75 Å². The average Bonchev–Trinajstić information content (AvgIpc) is 2.74. The zero-order valence-electron chi connectivity index (χ0n) is 16.8. The molecular formula is C26H30O. The van der Waals surface area contributed by atoms with Crippen LogP contribution in [0.2, 0.25) is 0 Å². The summed E-state index contributed by atoms with van der Waals surface area (Å²) in [6, 6.07) is 26.8. The van der Waals surface area contributed by atoms with Crippen LogP contribution in [0.1, 0.15) is 61.8 Å². The maximum Gasteiger partial charge on any atom is 0.119 e. The van der Waals surface area contributed by atoms with Gasteiger partial charge in [-0.3, -0.25) is 0 Å². The van der Waals surface area contributed by atoms with Crippen LogP contribution in [0, 0.1) is 0 Å². The first-order chi connectivity index (χ1) is 13.1. The van der Waals surface area contributed by atoms with E-state index in [1.165, 1.54) is 16.7 Å². The zero-order chi connectivity index (χ0) is 19.6. The second kappa shape index (κ2) is 10.4. The first-order valence-corrected chi connectivity index (χ1v) is 9.58. The Morgan fingerprint density at radius 1 is 0.630 bits per heavy atom. The molecule has 0 saturated heterocycles. The Morgan fingerprint density at radius 3 is 1.59 bits per heavy atom. The molecule has 0 spiro atoms. The number of aromatic hydroxyl groups is 1. The van der Waals surface area contributed by atoms with E-state index in [-0.39, 0.29) is 5.92 Å². The number of benzene rings is 3. The van der Waals surface area contributed by atoms with E-state index in [1.54, 1.807) is 0 Å². The van der Waals surface area contributed by atoms with Gasteiger partial charge in [-0.15, -0.1) is 0 Å². The lowest BCUT2D eigenvalue weighted by molar-refractivity contribution is 0.465. The van der Waals surface area contributed by atoms with E-state index in [2.05, 4.69) is 56.3 Å². The maximum atomic E-state index is 10.3. The molecule has 140 valence electrons. The van der Waals surface area contributed by atoms with Gasteiger partial charge in [0.25, 0.3) is 0 Å². The Bertz CT molecular complexity index is 831. The van der Waals surface area contributed by atoms with Crippen LogP contribution in [0.4, 0.5) is 0 Å². The van der Waals surface area contributed by atoms with Gasteiger partial charge in [0.2, 0.25) is 0 Å². The third kappa shape index (κ3) is 5.59. The van der Waals surface area contributed by atoms with Crippen LogP contribution >= 0.6 is 0 Å². The molecule has 1 heteroatoms. The Labute approximate surface area is 164 Å². The molecule has 0 aromatic heterocycles. The van der Waals surface area contributed by atoms with Crippen LogP contribution in [0.5, 0.6) is 5.75 Å². The van der Waals surface area contributed by atoms with Gasteiger partial charge in [-0.1, -0.05) is 98.8 Å². The van der Waals surface area contributed by atoms with Gasteiger partial charge < -0.3 is 5.11 Å². The van der Waals surface area contributed by atoms with E-state index in [4.69, 9.17) is 0 Å². The van der Waals surface area contributed by atoms with E-state index >= 15 is 0 Å². The quantitative estimate of drug-likeness (QED) is 0.486. The van der Waals surface area contributed by atoms with Crippen LogP contribution in [0.15, 0.2) is 91.0 Å². The molecule has 0 amide bonds. The van der Waals surface area contributed by atoms with Crippen molar-refractivity contribution in [3.05, 3.63) is 113 Å². The summed E-state index contributed by atoms with van der Waals surface area (Å²) in [5, 5.41) is 10.3. The second-order valence-electron chi connectivity index (χ2n) is 6.75.